The number of amides is 1. The molecule has 0 bridgehead atoms. The maximum absolute atomic E-state index is 12.1. The summed E-state index contributed by atoms with van der Waals surface area (Å²) in [5.74, 6) is 0.706. The second-order valence-corrected chi connectivity index (χ2v) is 5.93. The average molecular weight is 307 g/mol. The summed E-state index contributed by atoms with van der Waals surface area (Å²) >= 11 is 0. The van der Waals surface area contributed by atoms with Gasteiger partial charge in [-0.15, -0.1) is 0 Å². The van der Waals surface area contributed by atoms with Gasteiger partial charge < -0.3 is 20.4 Å². The lowest BCUT2D eigenvalue weighted by atomic mass is 10.2. The van der Waals surface area contributed by atoms with Crippen molar-refractivity contribution >= 4 is 11.7 Å². The van der Waals surface area contributed by atoms with Crippen LogP contribution >= 0.6 is 0 Å². The number of hydrogen-bond acceptors (Lipinski definition) is 5. The molecule has 0 atom stereocenters. The monoisotopic (exact) mass is 307 g/mol. The van der Waals surface area contributed by atoms with Gasteiger partial charge in [-0.05, 0) is 66.3 Å². The molecule has 1 aromatic heterocycles. The Morgan fingerprint density at radius 1 is 1.09 bits per heavy atom. The molecule has 1 aromatic rings. The minimum atomic E-state index is -0.0440. The largest absolute Gasteiger partial charge is 0.370 e. The van der Waals surface area contributed by atoms with E-state index in [1.807, 2.05) is 14.1 Å². The number of nitrogens with zero attached hydrogens (tertiary/aromatic N) is 3. The van der Waals surface area contributed by atoms with Gasteiger partial charge >= 0.3 is 0 Å². The van der Waals surface area contributed by atoms with Crippen LogP contribution in [0.1, 0.15) is 23.2 Å². The minimum Gasteiger partial charge on any atom is -0.370 e. The molecule has 0 aromatic carbocycles. The summed E-state index contributed by atoms with van der Waals surface area (Å²) in [7, 11) is 8.16. The van der Waals surface area contributed by atoms with Gasteiger partial charge in [0.25, 0.3) is 5.91 Å². The van der Waals surface area contributed by atoms with Crippen LogP contribution < -0.4 is 10.6 Å². The molecule has 1 rings (SSSR count). The molecule has 1 amide bonds. The second-order valence-electron chi connectivity index (χ2n) is 5.93. The molecule has 6 nitrogen and oxygen atoms in total. The fourth-order valence-corrected chi connectivity index (χ4v) is 1.98. The minimum absolute atomic E-state index is 0.0440. The summed E-state index contributed by atoms with van der Waals surface area (Å²) in [5.41, 5.74) is 0.648. The molecule has 0 aliphatic rings. The first-order valence-electron chi connectivity index (χ1n) is 7.76. The molecular formula is C16H29N5O. The van der Waals surface area contributed by atoms with E-state index in [-0.39, 0.29) is 5.91 Å². The van der Waals surface area contributed by atoms with Crippen LogP contribution in [0.2, 0.25) is 0 Å². The summed E-state index contributed by atoms with van der Waals surface area (Å²) in [6.45, 7) is 3.53. The smallest absolute Gasteiger partial charge is 0.251 e. The van der Waals surface area contributed by atoms with Crippen molar-refractivity contribution in [3.05, 3.63) is 23.9 Å². The Kier molecular flexibility index (Phi) is 8.47. The van der Waals surface area contributed by atoms with Crippen molar-refractivity contribution in [1.82, 2.24) is 20.1 Å². The molecule has 124 valence electrons. The highest BCUT2D eigenvalue weighted by Crippen LogP contribution is 2.07. The van der Waals surface area contributed by atoms with Crippen LogP contribution in [0.5, 0.6) is 0 Å². The Morgan fingerprint density at radius 2 is 1.73 bits per heavy atom. The normalized spacial score (nSPS) is 11.0. The van der Waals surface area contributed by atoms with Gasteiger partial charge in [-0.1, -0.05) is 0 Å². The third kappa shape index (κ3) is 7.95. The highest BCUT2D eigenvalue weighted by atomic mass is 16.1. The molecule has 1 heterocycles. The SMILES string of the molecule is CN(C)CCCNC(=O)c1ccnc(NCCCN(C)C)c1. The Balaban J connectivity index is 2.37. The molecule has 0 spiro atoms. The quantitative estimate of drug-likeness (QED) is 0.635. The van der Waals surface area contributed by atoms with Crippen LogP contribution in [-0.2, 0) is 0 Å². The van der Waals surface area contributed by atoms with Crippen molar-refractivity contribution in [1.29, 1.82) is 0 Å². The maximum Gasteiger partial charge on any atom is 0.251 e. The molecule has 0 radical (unpaired) electrons. The lowest BCUT2D eigenvalue weighted by Crippen LogP contribution is -2.27. The standard InChI is InChI=1S/C16H29N5O/c1-20(2)11-5-8-17-15-13-14(7-10-18-15)16(22)19-9-6-12-21(3)4/h7,10,13H,5-6,8-9,11-12H2,1-4H3,(H,17,18)(H,19,22). The lowest BCUT2D eigenvalue weighted by Gasteiger charge is -2.11. The predicted octanol–water partition coefficient (Wildman–Crippen LogP) is 1.13. The molecule has 22 heavy (non-hydrogen) atoms. The molecule has 0 aliphatic carbocycles. The van der Waals surface area contributed by atoms with Gasteiger partial charge in [-0.3, -0.25) is 4.79 Å². The fourth-order valence-electron chi connectivity index (χ4n) is 1.98. The van der Waals surface area contributed by atoms with E-state index < -0.39 is 0 Å². The van der Waals surface area contributed by atoms with Gasteiger partial charge in [0.05, 0.1) is 0 Å². The molecular weight excluding hydrogens is 278 g/mol. The van der Waals surface area contributed by atoms with Gasteiger partial charge in [0.2, 0.25) is 0 Å². The van der Waals surface area contributed by atoms with Crippen LogP contribution in [0.4, 0.5) is 5.82 Å². The summed E-state index contributed by atoms with van der Waals surface area (Å²) in [5, 5.41) is 6.19. The van der Waals surface area contributed by atoms with E-state index in [2.05, 4.69) is 39.5 Å². The molecule has 2 N–H and O–H groups in total. The number of aromatic nitrogens is 1. The van der Waals surface area contributed by atoms with Crippen LogP contribution in [0.15, 0.2) is 18.3 Å². The summed E-state index contributed by atoms with van der Waals surface area (Å²) in [4.78, 5) is 20.6. The fraction of sp³-hybridized carbons (Fsp3) is 0.625. The van der Waals surface area contributed by atoms with E-state index in [0.717, 1.165) is 38.3 Å². The zero-order valence-electron chi connectivity index (χ0n) is 14.2. The number of rotatable bonds is 10. The van der Waals surface area contributed by atoms with Gasteiger partial charge in [0, 0.05) is 24.8 Å². The van der Waals surface area contributed by atoms with E-state index in [4.69, 9.17) is 0 Å². The van der Waals surface area contributed by atoms with Crippen LogP contribution in [0, 0.1) is 0 Å². The number of nitrogens with one attached hydrogen (secondary N) is 2. The van der Waals surface area contributed by atoms with Crippen molar-refractivity contribution in [3.63, 3.8) is 0 Å². The first-order valence-corrected chi connectivity index (χ1v) is 7.76. The Labute approximate surface area is 133 Å². The highest BCUT2D eigenvalue weighted by molar-refractivity contribution is 5.94. The number of hydrogen-bond donors (Lipinski definition) is 2. The van der Waals surface area contributed by atoms with Crippen LogP contribution in [0.25, 0.3) is 0 Å². The van der Waals surface area contributed by atoms with Gasteiger partial charge in [-0.2, -0.15) is 0 Å². The van der Waals surface area contributed by atoms with Crippen molar-refractivity contribution in [2.75, 3.05) is 59.7 Å². The van der Waals surface area contributed by atoms with Crippen LogP contribution in [0.3, 0.4) is 0 Å². The first kappa shape index (κ1) is 18.4. The topological polar surface area (TPSA) is 60.5 Å². The Hall–Kier alpha value is -1.66. The average Bonchev–Trinajstić information content (AvgIpc) is 2.48. The number of anilines is 1. The zero-order chi connectivity index (χ0) is 16.4. The van der Waals surface area contributed by atoms with E-state index in [1.54, 1.807) is 18.3 Å². The van der Waals surface area contributed by atoms with Gasteiger partial charge in [-0.25, -0.2) is 4.98 Å². The maximum atomic E-state index is 12.1. The van der Waals surface area contributed by atoms with E-state index >= 15 is 0 Å². The molecule has 0 unspecified atom stereocenters. The first-order chi connectivity index (χ1) is 10.5. The van der Waals surface area contributed by atoms with E-state index in [1.165, 1.54) is 0 Å². The Morgan fingerprint density at radius 3 is 2.36 bits per heavy atom. The molecule has 0 aliphatic heterocycles. The van der Waals surface area contributed by atoms with Gasteiger partial charge in [0.1, 0.15) is 5.82 Å². The zero-order valence-corrected chi connectivity index (χ0v) is 14.2. The third-order valence-electron chi connectivity index (χ3n) is 3.18. The third-order valence-corrected chi connectivity index (χ3v) is 3.18. The van der Waals surface area contributed by atoms with Crippen molar-refractivity contribution < 1.29 is 4.79 Å². The van der Waals surface area contributed by atoms with Crippen molar-refractivity contribution in [3.8, 4) is 0 Å². The van der Waals surface area contributed by atoms with Crippen LogP contribution in [-0.4, -0.2) is 75.1 Å². The van der Waals surface area contributed by atoms with Crippen molar-refractivity contribution in [2.45, 2.75) is 12.8 Å². The van der Waals surface area contributed by atoms with E-state index in [0.29, 0.717) is 12.1 Å². The molecule has 0 saturated heterocycles. The lowest BCUT2D eigenvalue weighted by molar-refractivity contribution is 0.0952. The number of pyridine rings is 1. The molecule has 0 saturated carbocycles. The summed E-state index contributed by atoms with van der Waals surface area (Å²) in [6, 6.07) is 3.54. The van der Waals surface area contributed by atoms with Crippen molar-refractivity contribution in [2.24, 2.45) is 0 Å². The van der Waals surface area contributed by atoms with Gasteiger partial charge in [0.15, 0.2) is 0 Å². The summed E-state index contributed by atoms with van der Waals surface area (Å²) in [6.07, 6.45) is 3.65. The number of carbonyl (C=O) groups excluding carboxylic acids is 1. The highest BCUT2D eigenvalue weighted by Gasteiger charge is 2.06. The predicted molar refractivity (Wildman–Crippen MR) is 91.4 cm³/mol. The second kappa shape index (κ2) is 10.1. The summed E-state index contributed by atoms with van der Waals surface area (Å²) < 4.78 is 0. The molecule has 6 heteroatoms. The Bertz CT molecular complexity index is 448. The molecule has 0 fully saturated rings. The number of carbonyl (C=O) groups is 1. The van der Waals surface area contributed by atoms with E-state index in [9.17, 15) is 4.79 Å².